The molecule has 1 aromatic carbocycles. The van der Waals surface area contributed by atoms with Gasteiger partial charge in [0.05, 0.1) is 7.11 Å². The lowest BCUT2D eigenvalue weighted by atomic mass is 9.81. The number of ether oxygens (including phenoxy) is 1. The van der Waals surface area contributed by atoms with E-state index in [-0.39, 0.29) is 0 Å². The predicted molar refractivity (Wildman–Crippen MR) is 88.1 cm³/mol. The quantitative estimate of drug-likeness (QED) is 0.806. The smallest absolute Gasteiger partial charge is 0.123 e. The highest BCUT2D eigenvalue weighted by Gasteiger charge is 2.19. The van der Waals surface area contributed by atoms with Gasteiger partial charge in [0.2, 0.25) is 0 Å². The van der Waals surface area contributed by atoms with Gasteiger partial charge in [-0.05, 0) is 49.4 Å². The molecule has 0 bridgehead atoms. The van der Waals surface area contributed by atoms with Gasteiger partial charge in [0.25, 0.3) is 0 Å². The van der Waals surface area contributed by atoms with Crippen LogP contribution in [0.5, 0.6) is 5.75 Å². The molecule has 0 amide bonds. The number of hydrogen-bond donors (Lipinski definition) is 1. The third kappa shape index (κ3) is 4.49. The molecule has 1 aromatic rings. The minimum Gasteiger partial charge on any atom is -0.496 e. The fourth-order valence-corrected chi connectivity index (χ4v) is 3.55. The van der Waals surface area contributed by atoms with Gasteiger partial charge in [-0.25, -0.2) is 0 Å². The maximum Gasteiger partial charge on any atom is 0.123 e. The maximum atomic E-state index is 5.41. The molecule has 1 fully saturated rings. The largest absolute Gasteiger partial charge is 0.496 e. The van der Waals surface area contributed by atoms with Crippen LogP contribution in [0.15, 0.2) is 22.7 Å². The Bertz CT molecular complexity index is 413. The molecular formula is C17H26BrNO. The Morgan fingerprint density at radius 2 is 1.90 bits per heavy atom. The van der Waals surface area contributed by atoms with E-state index in [1.54, 1.807) is 7.11 Å². The number of hydrogen-bond acceptors (Lipinski definition) is 2. The minimum absolute atomic E-state index is 0.857. The van der Waals surface area contributed by atoms with Crippen molar-refractivity contribution in [2.45, 2.75) is 45.6 Å². The monoisotopic (exact) mass is 339 g/mol. The Morgan fingerprint density at radius 1 is 1.20 bits per heavy atom. The molecule has 0 unspecified atom stereocenters. The molecule has 2 nitrogen and oxygen atoms in total. The summed E-state index contributed by atoms with van der Waals surface area (Å²) in [5, 5.41) is 3.61. The van der Waals surface area contributed by atoms with Gasteiger partial charge in [-0.1, -0.05) is 42.1 Å². The molecular weight excluding hydrogens is 314 g/mol. The van der Waals surface area contributed by atoms with Gasteiger partial charge in [0, 0.05) is 16.6 Å². The summed E-state index contributed by atoms with van der Waals surface area (Å²) in [6, 6.07) is 6.18. The average Bonchev–Trinajstić information content (AvgIpc) is 2.48. The van der Waals surface area contributed by atoms with Gasteiger partial charge >= 0.3 is 0 Å². The summed E-state index contributed by atoms with van der Waals surface area (Å²) in [5.74, 6) is 2.81. The van der Waals surface area contributed by atoms with Crippen molar-refractivity contribution in [2.24, 2.45) is 11.8 Å². The fourth-order valence-electron chi connectivity index (χ4n) is 3.14. The first kappa shape index (κ1) is 15.8. The number of methoxy groups -OCH3 is 1. The molecule has 0 saturated heterocycles. The van der Waals surface area contributed by atoms with Crippen molar-refractivity contribution in [3.8, 4) is 5.75 Å². The van der Waals surface area contributed by atoms with Gasteiger partial charge in [0.1, 0.15) is 5.75 Å². The van der Waals surface area contributed by atoms with Gasteiger partial charge in [-0.15, -0.1) is 0 Å². The van der Waals surface area contributed by atoms with E-state index in [9.17, 15) is 0 Å². The van der Waals surface area contributed by atoms with Crippen molar-refractivity contribution in [1.82, 2.24) is 5.32 Å². The second-order valence-electron chi connectivity index (χ2n) is 5.88. The standard InChI is InChI=1S/C17H26BrNO/c1-3-13-4-6-14(7-5-13)11-19-12-15-10-16(18)8-9-17(15)20-2/h8-10,13-14,19H,3-7,11-12H2,1-2H3. The van der Waals surface area contributed by atoms with E-state index in [4.69, 9.17) is 4.74 Å². The summed E-state index contributed by atoms with van der Waals surface area (Å²) in [7, 11) is 1.73. The molecule has 20 heavy (non-hydrogen) atoms. The molecule has 1 N–H and O–H groups in total. The van der Waals surface area contributed by atoms with E-state index in [1.165, 1.54) is 37.7 Å². The molecule has 2 rings (SSSR count). The zero-order valence-electron chi connectivity index (χ0n) is 12.6. The molecule has 1 aliphatic rings. The third-order valence-corrected chi connectivity index (χ3v) is 5.03. The maximum absolute atomic E-state index is 5.41. The van der Waals surface area contributed by atoms with Crippen LogP contribution in [0, 0.1) is 11.8 Å². The number of halogens is 1. The topological polar surface area (TPSA) is 21.3 Å². The fraction of sp³-hybridized carbons (Fsp3) is 0.647. The van der Waals surface area contributed by atoms with Crippen molar-refractivity contribution in [3.63, 3.8) is 0 Å². The zero-order chi connectivity index (χ0) is 14.4. The van der Waals surface area contributed by atoms with Crippen molar-refractivity contribution in [3.05, 3.63) is 28.2 Å². The first-order valence-corrected chi connectivity index (χ1v) is 8.55. The lowest BCUT2D eigenvalue weighted by Crippen LogP contribution is -2.26. The lowest BCUT2D eigenvalue weighted by Gasteiger charge is -2.28. The predicted octanol–water partition coefficient (Wildman–Crippen LogP) is 4.76. The summed E-state index contributed by atoms with van der Waals surface area (Å²) in [6.07, 6.45) is 6.98. The second-order valence-corrected chi connectivity index (χ2v) is 6.80. The zero-order valence-corrected chi connectivity index (χ0v) is 14.2. The van der Waals surface area contributed by atoms with Gasteiger partial charge in [-0.2, -0.15) is 0 Å². The van der Waals surface area contributed by atoms with Crippen LogP contribution in [0.4, 0.5) is 0 Å². The van der Waals surface area contributed by atoms with E-state index in [0.717, 1.165) is 35.1 Å². The van der Waals surface area contributed by atoms with Gasteiger partial charge in [-0.3, -0.25) is 0 Å². The average molecular weight is 340 g/mol. The van der Waals surface area contributed by atoms with Crippen LogP contribution < -0.4 is 10.1 Å². The van der Waals surface area contributed by atoms with Crippen LogP contribution in [-0.4, -0.2) is 13.7 Å². The van der Waals surface area contributed by atoms with Crippen LogP contribution in [0.3, 0.4) is 0 Å². The van der Waals surface area contributed by atoms with Crippen LogP contribution in [0.2, 0.25) is 0 Å². The van der Waals surface area contributed by atoms with E-state index >= 15 is 0 Å². The number of benzene rings is 1. The van der Waals surface area contributed by atoms with Crippen LogP contribution in [0.1, 0.15) is 44.6 Å². The van der Waals surface area contributed by atoms with E-state index in [0.29, 0.717) is 0 Å². The Hall–Kier alpha value is -0.540. The minimum atomic E-state index is 0.857. The highest BCUT2D eigenvalue weighted by atomic mass is 79.9. The van der Waals surface area contributed by atoms with Crippen LogP contribution >= 0.6 is 15.9 Å². The summed E-state index contributed by atoms with van der Waals surface area (Å²) in [4.78, 5) is 0. The van der Waals surface area contributed by atoms with E-state index < -0.39 is 0 Å². The number of rotatable bonds is 6. The summed E-state index contributed by atoms with van der Waals surface area (Å²) < 4.78 is 6.52. The Balaban J connectivity index is 1.77. The van der Waals surface area contributed by atoms with Crippen molar-refractivity contribution in [2.75, 3.05) is 13.7 Å². The molecule has 1 aliphatic carbocycles. The van der Waals surface area contributed by atoms with Crippen molar-refractivity contribution in [1.29, 1.82) is 0 Å². The number of nitrogens with one attached hydrogen (secondary N) is 1. The third-order valence-electron chi connectivity index (χ3n) is 4.53. The first-order chi connectivity index (χ1) is 9.72. The van der Waals surface area contributed by atoms with Gasteiger partial charge < -0.3 is 10.1 Å². The summed E-state index contributed by atoms with van der Waals surface area (Å²) in [5.41, 5.74) is 1.23. The highest BCUT2D eigenvalue weighted by Crippen LogP contribution is 2.30. The molecule has 0 radical (unpaired) electrons. The lowest BCUT2D eigenvalue weighted by molar-refractivity contribution is 0.262. The molecule has 3 heteroatoms. The van der Waals surface area contributed by atoms with Crippen LogP contribution in [-0.2, 0) is 6.54 Å². The molecule has 0 spiro atoms. The Morgan fingerprint density at radius 3 is 2.55 bits per heavy atom. The SMILES string of the molecule is CCC1CCC(CNCc2cc(Br)ccc2OC)CC1. The van der Waals surface area contributed by atoms with Crippen LogP contribution in [0.25, 0.3) is 0 Å². The molecule has 0 heterocycles. The normalized spacial score (nSPS) is 22.8. The first-order valence-electron chi connectivity index (χ1n) is 7.76. The van der Waals surface area contributed by atoms with E-state index in [1.807, 2.05) is 12.1 Å². The molecule has 0 atom stereocenters. The summed E-state index contributed by atoms with van der Waals surface area (Å²) >= 11 is 3.53. The highest BCUT2D eigenvalue weighted by molar-refractivity contribution is 9.10. The molecule has 112 valence electrons. The summed E-state index contributed by atoms with van der Waals surface area (Å²) in [6.45, 7) is 4.34. The van der Waals surface area contributed by atoms with E-state index in [2.05, 4.69) is 34.2 Å². The Labute approximate surface area is 131 Å². The Kier molecular flexibility index (Phi) is 6.37. The van der Waals surface area contributed by atoms with Gasteiger partial charge in [0.15, 0.2) is 0 Å². The second kappa shape index (κ2) is 8.04. The van der Waals surface area contributed by atoms with Crippen molar-refractivity contribution < 1.29 is 4.74 Å². The molecule has 0 aliphatic heterocycles. The van der Waals surface area contributed by atoms with Crippen molar-refractivity contribution >= 4 is 15.9 Å². The molecule has 0 aromatic heterocycles. The molecule has 1 saturated carbocycles.